The van der Waals surface area contributed by atoms with Gasteiger partial charge in [0.05, 0.1) is 13.1 Å². The summed E-state index contributed by atoms with van der Waals surface area (Å²) in [7, 11) is 0. The summed E-state index contributed by atoms with van der Waals surface area (Å²) in [6.07, 6.45) is 1.76. The molecule has 0 bridgehead atoms. The van der Waals surface area contributed by atoms with Gasteiger partial charge in [-0.15, -0.1) is 0 Å². The Morgan fingerprint density at radius 1 is 1.26 bits per heavy atom. The molecule has 0 radical (unpaired) electrons. The zero-order valence-corrected chi connectivity index (χ0v) is 10.6. The summed E-state index contributed by atoms with van der Waals surface area (Å²) in [6, 6.07) is -0.802. The van der Waals surface area contributed by atoms with Crippen LogP contribution in [0.1, 0.15) is 25.7 Å². The molecular formula is C12H18F2N2O3. The van der Waals surface area contributed by atoms with E-state index in [4.69, 9.17) is 5.11 Å². The first-order chi connectivity index (χ1) is 8.89. The normalized spacial score (nSPS) is 27.5. The standard InChI is InChI=1S/C12H18F2N2O3/c13-12(14)4-6-15(8-12)7-10(17)16-5-2-1-3-9(16)11(18)19/h9H,1-8H2,(H,18,19)/t9-/m0/s1. The van der Waals surface area contributed by atoms with E-state index < -0.39 is 24.5 Å². The van der Waals surface area contributed by atoms with E-state index in [2.05, 4.69) is 0 Å². The van der Waals surface area contributed by atoms with Crippen LogP contribution in [-0.2, 0) is 9.59 Å². The number of rotatable bonds is 3. The van der Waals surface area contributed by atoms with Crippen LogP contribution in [0.3, 0.4) is 0 Å². The predicted molar refractivity (Wildman–Crippen MR) is 63.0 cm³/mol. The summed E-state index contributed by atoms with van der Waals surface area (Å²) in [5, 5.41) is 9.07. The Morgan fingerprint density at radius 2 is 2.00 bits per heavy atom. The summed E-state index contributed by atoms with van der Waals surface area (Å²) in [6.45, 7) is 0.0635. The molecule has 7 heteroatoms. The molecule has 19 heavy (non-hydrogen) atoms. The van der Waals surface area contributed by atoms with Crippen molar-refractivity contribution in [3.05, 3.63) is 0 Å². The van der Waals surface area contributed by atoms with Gasteiger partial charge in [-0.25, -0.2) is 13.6 Å². The Balaban J connectivity index is 1.93. The van der Waals surface area contributed by atoms with Gasteiger partial charge in [0.15, 0.2) is 0 Å². The fourth-order valence-corrected chi connectivity index (χ4v) is 2.71. The maximum Gasteiger partial charge on any atom is 0.326 e. The number of piperidine rings is 1. The van der Waals surface area contributed by atoms with E-state index in [0.29, 0.717) is 13.0 Å². The molecule has 2 fully saturated rings. The minimum absolute atomic E-state index is 0.112. The molecule has 0 saturated carbocycles. The maximum atomic E-state index is 13.0. The minimum atomic E-state index is -2.73. The molecule has 5 nitrogen and oxygen atoms in total. The lowest BCUT2D eigenvalue weighted by atomic mass is 10.0. The maximum absolute atomic E-state index is 13.0. The number of carboxylic acids is 1. The zero-order valence-electron chi connectivity index (χ0n) is 10.6. The highest BCUT2D eigenvalue weighted by atomic mass is 19.3. The molecule has 2 saturated heterocycles. The van der Waals surface area contributed by atoms with Crippen LogP contribution in [0.2, 0.25) is 0 Å². The fourth-order valence-electron chi connectivity index (χ4n) is 2.71. The van der Waals surface area contributed by atoms with Crippen LogP contribution < -0.4 is 0 Å². The lowest BCUT2D eigenvalue weighted by Crippen LogP contribution is -2.51. The Hall–Kier alpha value is -1.24. The number of alkyl halides is 2. The third kappa shape index (κ3) is 3.40. The molecule has 1 atom stereocenters. The van der Waals surface area contributed by atoms with Gasteiger partial charge in [0, 0.05) is 19.5 Å². The summed E-state index contributed by atoms with van der Waals surface area (Å²) < 4.78 is 26.1. The van der Waals surface area contributed by atoms with Gasteiger partial charge in [-0.3, -0.25) is 9.69 Å². The molecule has 0 aromatic carbocycles. The zero-order chi connectivity index (χ0) is 14.0. The first-order valence-electron chi connectivity index (χ1n) is 6.51. The Kier molecular flexibility index (Phi) is 4.03. The van der Waals surface area contributed by atoms with Gasteiger partial charge in [0.25, 0.3) is 5.92 Å². The molecule has 0 spiro atoms. The number of hydrogen-bond donors (Lipinski definition) is 1. The number of aliphatic carboxylic acids is 1. The fraction of sp³-hybridized carbons (Fsp3) is 0.833. The lowest BCUT2D eigenvalue weighted by molar-refractivity contribution is -0.152. The van der Waals surface area contributed by atoms with Gasteiger partial charge in [0.2, 0.25) is 5.91 Å². The SMILES string of the molecule is O=C(O)[C@@H]1CCCCN1C(=O)CN1CCC(F)(F)C1. The van der Waals surface area contributed by atoms with Gasteiger partial charge < -0.3 is 10.0 Å². The third-order valence-electron chi connectivity index (χ3n) is 3.72. The van der Waals surface area contributed by atoms with E-state index in [1.807, 2.05) is 0 Å². The number of nitrogens with zero attached hydrogens (tertiary/aromatic N) is 2. The van der Waals surface area contributed by atoms with Crippen LogP contribution in [0.15, 0.2) is 0 Å². The Bertz CT molecular complexity index is 376. The summed E-state index contributed by atoms with van der Waals surface area (Å²) in [5.41, 5.74) is 0. The number of halogens is 2. The first-order valence-corrected chi connectivity index (χ1v) is 6.51. The van der Waals surface area contributed by atoms with Crippen molar-refractivity contribution in [3.8, 4) is 0 Å². The number of likely N-dealkylation sites (tertiary alicyclic amines) is 2. The summed E-state index contributed by atoms with van der Waals surface area (Å²) in [4.78, 5) is 25.9. The molecule has 1 N–H and O–H groups in total. The highest BCUT2D eigenvalue weighted by Gasteiger charge is 2.40. The average molecular weight is 276 g/mol. The molecular weight excluding hydrogens is 258 g/mol. The highest BCUT2D eigenvalue weighted by molar-refractivity contribution is 5.85. The molecule has 0 aromatic heterocycles. The van der Waals surface area contributed by atoms with Gasteiger partial charge in [-0.1, -0.05) is 0 Å². The van der Waals surface area contributed by atoms with E-state index in [1.54, 1.807) is 0 Å². The minimum Gasteiger partial charge on any atom is -0.480 e. The van der Waals surface area contributed by atoms with Crippen molar-refractivity contribution in [2.24, 2.45) is 0 Å². The van der Waals surface area contributed by atoms with E-state index in [1.165, 1.54) is 9.80 Å². The molecule has 0 unspecified atom stereocenters. The van der Waals surface area contributed by atoms with Crippen LogP contribution >= 0.6 is 0 Å². The van der Waals surface area contributed by atoms with Crippen molar-refractivity contribution >= 4 is 11.9 Å². The van der Waals surface area contributed by atoms with Crippen molar-refractivity contribution in [3.63, 3.8) is 0 Å². The molecule has 108 valence electrons. The third-order valence-corrected chi connectivity index (χ3v) is 3.72. The predicted octanol–water partition coefficient (Wildman–Crippen LogP) is 0.793. The number of carboxylic acid groups (broad SMARTS) is 1. The molecule has 2 heterocycles. The van der Waals surface area contributed by atoms with Crippen LogP contribution in [-0.4, -0.2) is 64.9 Å². The van der Waals surface area contributed by atoms with Crippen molar-refractivity contribution in [1.29, 1.82) is 0 Å². The quantitative estimate of drug-likeness (QED) is 0.828. The van der Waals surface area contributed by atoms with Crippen molar-refractivity contribution in [2.45, 2.75) is 37.6 Å². The average Bonchev–Trinajstić information content (AvgIpc) is 2.68. The van der Waals surface area contributed by atoms with E-state index in [9.17, 15) is 18.4 Å². The number of carbonyl (C=O) groups is 2. The van der Waals surface area contributed by atoms with Crippen molar-refractivity contribution < 1.29 is 23.5 Å². The largest absolute Gasteiger partial charge is 0.480 e. The molecule has 1 amide bonds. The molecule has 0 aliphatic carbocycles. The van der Waals surface area contributed by atoms with E-state index in [-0.39, 0.29) is 25.4 Å². The molecule has 2 aliphatic rings. The number of amides is 1. The smallest absolute Gasteiger partial charge is 0.326 e. The second-order valence-electron chi connectivity index (χ2n) is 5.25. The van der Waals surface area contributed by atoms with Crippen LogP contribution in [0.25, 0.3) is 0 Å². The van der Waals surface area contributed by atoms with Crippen LogP contribution in [0.5, 0.6) is 0 Å². The van der Waals surface area contributed by atoms with E-state index in [0.717, 1.165) is 12.8 Å². The second-order valence-corrected chi connectivity index (χ2v) is 5.25. The molecule has 2 rings (SSSR count). The lowest BCUT2D eigenvalue weighted by Gasteiger charge is -2.34. The van der Waals surface area contributed by atoms with Gasteiger partial charge in [-0.05, 0) is 19.3 Å². The summed E-state index contributed by atoms with van der Waals surface area (Å²) >= 11 is 0. The molecule has 0 aromatic rings. The Morgan fingerprint density at radius 3 is 2.58 bits per heavy atom. The topological polar surface area (TPSA) is 60.9 Å². The van der Waals surface area contributed by atoms with Gasteiger partial charge in [0.1, 0.15) is 6.04 Å². The molecule has 2 aliphatic heterocycles. The second kappa shape index (κ2) is 5.40. The Labute approximate surface area is 110 Å². The van der Waals surface area contributed by atoms with Crippen LogP contribution in [0, 0.1) is 0 Å². The summed E-state index contributed by atoms with van der Waals surface area (Å²) in [5.74, 6) is -4.10. The van der Waals surface area contributed by atoms with Crippen molar-refractivity contribution in [2.75, 3.05) is 26.2 Å². The van der Waals surface area contributed by atoms with E-state index >= 15 is 0 Å². The monoisotopic (exact) mass is 276 g/mol. The first kappa shape index (κ1) is 14.2. The van der Waals surface area contributed by atoms with Crippen molar-refractivity contribution in [1.82, 2.24) is 9.80 Å². The van der Waals surface area contributed by atoms with Gasteiger partial charge >= 0.3 is 5.97 Å². The van der Waals surface area contributed by atoms with Gasteiger partial charge in [-0.2, -0.15) is 0 Å². The highest BCUT2D eigenvalue weighted by Crippen LogP contribution is 2.27. The van der Waals surface area contributed by atoms with Crippen LogP contribution in [0.4, 0.5) is 8.78 Å². The number of carbonyl (C=O) groups excluding carboxylic acids is 1. The number of hydrogen-bond acceptors (Lipinski definition) is 3.